The van der Waals surface area contributed by atoms with Crippen LogP contribution >= 0.6 is 0 Å². The van der Waals surface area contributed by atoms with Crippen LogP contribution in [0.15, 0.2) is 18.2 Å². The molecule has 0 atom stereocenters. The highest BCUT2D eigenvalue weighted by Gasteiger charge is 2.43. The summed E-state index contributed by atoms with van der Waals surface area (Å²) in [5, 5.41) is 14.4. The molecule has 1 aromatic heterocycles. The molecule has 0 bridgehead atoms. The van der Waals surface area contributed by atoms with E-state index in [-0.39, 0.29) is 11.5 Å². The van der Waals surface area contributed by atoms with E-state index >= 15 is 0 Å². The summed E-state index contributed by atoms with van der Waals surface area (Å²) in [6.45, 7) is 0.323. The maximum Gasteiger partial charge on any atom is 0.586 e. The average Bonchev–Trinajstić information content (AvgIpc) is 2.87. The first kappa shape index (κ1) is 11.6. The zero-order valence-corrected chi connectivity index (χ0v) is 9.80. The lowest BCUT2D eigenvalue weighted by molar-refractivity contribution is -0.286. The fraction of sp³-hybridized carbons (Fsp3) is 0.300. The van der Waals surface area contributed by atoms with Crippen LogP contribution in [-0.2, 0) is 13.6 Å². The van der Waals surface area contributed by atoms with E-state index in [1.54, 1.807) is 13.1 Å². The van der Waals surface area contributed by atoms with E-state index < -0.39 is 6.29 Å². The van der Waals surface area contributed by atoms with E-state index in [4.69, 9.17) is 0 Å². The lowest BCUT2D eigenvalue weighted by Gasteiger charge is -2.04. The molecule has 0 unspecified atom stereocenters. The number of tetrazole rings is 1. The lowest BCUT2D eigenvalue weighted by Crippen LogP contribution is -2.25. The first-order chi connectivity index (χ1) is 9.02. The predicted molar refractivity (Wildman–Crippen MR) is 58.8 cm³/mol. The Hall–Kier alpha value is -2.45. The zero-order chi connectivity index (χ0) is 13.5. The highest BCUT2D eigenvalue weighted by atomic mass is 19.3. The van der Waals surface area contributed by atoms with Crippen molar-refractivity contribution in [3.63, 3.8) is 0 Å². The van der Waals surface area contributed by atoms with Crippen LogP contribution in [0.4, 0.5) is 14.5 Å². The van der Waals surface area contributed by atoms with Gasteiger partial charge >= 0.3 is 6.29 Å². The molecule has 0 saturated heterocycles. The van der Waals surface area contributed by atoms with Gasteiger partial charge in [0.2, 0.25) is 0 Å². The van der Waals surface area contributed by atoms with E-state index in [1.165, 1.54) is 16.9 Å². The fourth-order valence-electron chi connectivity index (χ4n) is 1.63. The van der Waals surface area contributed by atoms with Gasteiger partial charge in [-0.3, -0.25) is 0 Å². The normalized spacial score (nSPS) is 15.5. The number of rotatable bonds is 3. The van der Waals surface area contributed by atoms with Gasteiger partial charge in [-0.15, -0.1) is 19.0 Å². The molecular formula is C10H9F2N5O2. The number of benzene rings is 1. The number of aromatic nitrogens is 4. The third-order valence-electron chi connectivity index (χ3n) is 2.40. The summed E-state index contributed by atoms with van der Waals surface area (Å²) < 4.78 is 34.3. The standard InChI is InChI=1S/C10H9F2N5O2/c1-17-15-9(14-16-17)5-13-6-2-3-7-8(4-6)19-10(11,12)18-7/h2-4,13H,5H2,1H3. The second-order valence-electron chi connectivity index (χ2n) is 3.88. The smallest absolute Gasteiger partial charge is 0.395 e. The van der Waals surface area contributed by atoms with Crippen molar-refractivity contribution in [2.75, 3.05) is 5.32 Å². The third-order valence-corrected chi connectivity index (χ3v) is 2.40. The Morgan fingerprint density at radius 2 is 2.11 bits per heavy atom. The number of ether oxygens (including phenoxy) is 2. The minimum absolute atomic E-state index is 0.00757. The summed E-state index contributed by atoms with van der Waals surface area (Å²) >= 11 is 0. The molecule has 0 saturated carbocycles. The van der Waals surface area contributed by atoms with Crippen molar-refractivity contribution in [1.82, 2.24) is 20.2 Å². The summed E-state index contributed by atoms with van der Waals surface area (Å²) in [5.74, 6) is 0.487. The van der Waals surface area contributed by atoms with E-state index in [2.05, 4.69) is 30.2 Å². The van der Waals surface area contributed by atoms with Gasteiger partial charge in [0, 0.05) is 11.8 Å². The molecule has 1 aliphatic heterocycles. The van der Waals surface area contributed by atoms with Crippen LogP contribution in [0, 0.1) is 0 Å². The average molecular weight is 269 g/mol. The number of hydrogen-bond donors (Lipinski definition) is 1. The first-order valence-electron chi connectivity index (χ1n) is 5.38. The van der Waals surface area contributed by atoms with Gasteiger partial charge in [-0.25, -0.2) is 0 Å². The van der Waals surface area contributed by atoms with Gasteiger partial charge in [-0.05, 0) is 17.3 Å². The number of hydrogen-bond acceptors (Lipinski definition) is 6. The Kier molecular flexibility index (Phi) is 2.47. The Bertz CT molecular complexity index is 616. The van der Waals surface area contributed by atoms with Gasteiger partial charge < -0.3 is 14.8 Å². The second kappa shape index (κ2) is 4.04. The first-order valence-corrected chi connectivity index (χ1v) is 5.38. The number of alkyl halides is 2. The van der Waals surface area contributed by atoms with Crippen molar-refractivity contribution in [3.8, 4) is 11.5 Å². The van der Waals surface area contributed by atoms with Gasteiger partial charge in [-0.1, -0.05) is 0 Å². The Morgan fingerprint density at radius 1 is 1.32 bits per heavy atom. The molecule has 0 fully saturated rings. The number of nitrogens with zero attached hydrogens (tertiary/aromatic N) is 4. The minimum Gasteiger partial charge on any atom is -0.395 e. The molecular weight excluding hydrogens is 260 g/mol. The number of anilines is 1. The van der Waals surface area contributed by atoms with Crippen LogP contribution in [0.3, 0.4) is 0 Å². The SMILES string of the molecule is Cn1nnc(CNc2ccc3c(c2)OC(F)(F)O3)n1. The lowest BCUT2D eigenvalue weighted by atomic mass is 10.3. The Balaban J connectivity index is 1.70. The molecule has 0 aliphatic carbocycles. The van der Waals surface area contributed by atoms with E-state index in [0.717, 1.165) is 0 Å². The van der Waals surface area contributed by atoms with Crippen molar-refractivity contribution in [3.05, 3.63) is 24.0 Å². The van der Waals surface area contributed by atoms with E-state index in [1.807, 2.05) is 0 Å². The summed E-state index contributed by atoms with van der Waals surface area (Å²) in [6, 6.07) is 4.43. The van der Waals surface area contributed by atoms with Crippen molar-refractivity contribution in [2.45, 2.75) is 12.8 Å². The summed E-state index contributed by atoms with van der Waals surface area (Å²) in [6.07, 6.45) is -3.60. The summed E-state index contributed by atoms with van der Waals surface area (Å²) in [4.78, 5) is 1.33. The number of aryl methyl sites for hydroxylation is 1. The van der Waals surface area contributed by atoms with Crippen LogP contribution in [-0.4, -0.2) is 26.5 Å². The fourth-order valence-corrected chi connectivity index (χ4v) is 1.63. The summed E-state index contributed by atoms with van der Waals surface area (Å²) in [5.41, 5.74) is 0.590. The van der Waals surface area contributed by atoms with Crippen LogP contribution < -0.4 is 14.8 Å². The van der Waals surface area contributed by atoms with Gasteiger partial charge in [-0.2, -0.15) is 4.80 Å². The van der Waals surface area contributed by atoms with Gasteiger partial charge in [0.25, 0.3) is 0 Å². The van der Waals surface area contributed by atoms with Crippen LogP contribution in [0.1, 0.15) is 5.82 Å². The summed E-state index contributed by atoms with van der Waals surface area (Å²) in [7, 11) is 1.65. The van der Waals surface area contributed by atoms with Crippen LogP contribution in [0.25, 0.3) is 0 Å². The molecule has 3 rings (SSSR count). The number of halogens is 2. The molecule has 0 spiro atoms. The quantitative estimate of drug-likeness (QED) is 0.900. The van der Waals surface area contributed by atoms with Crippen molar-refractivity contribution < 1.29 is 18.3 Å². The minimum atomic E-state index is -3.60. The topological polar surface area (TPSA) is 74.1 Å². The maximum atomic E-state index is 12.8. The predicted octanol–water partition coefficient (Wildman–Crippen LogP) is 1.14. The van der Waals surface area contributed by atoms with Crippen LogP contribution in [0.2, 0.25) is 0 Å². The van der Waals surface area contributed by atoms with Gasteiger partial charge in [0.15, 0.2) is 17.3 Å². The van der Waals surface area contributed by atoms with Crippen molar-refractivity contribution >= 4 is 5.69 Å². The Labute approximate surface area is 106 Å². The van der Waals surface area contributed by atoms with E-state index in [9.17, 15) is 8.78 Å². The molecule has 1 aromatic carbocycles. The third kappa shape index (κ3) is 2.39. The molecule has 100 valence electrons. The molecule has 1 N–H and O–H groups in total. The second-order valence-corrected chi connectivity index (χ2v) is 3.88. The molecule has 2 heterocycles. The van der Waals surface area contributed by atoms with Gasteiger partial charge in [0.1, 0.15) is 0 Å². The highest BCUT2D eigenvalue weighted by Crippen LogP contribution is 2.42. The molecule has 19 heavy (non-hydrogen) atoms. The molecule has 1 aliphatic rings. The molecule has 0 radical (unpaired) electrons. The zero-order valence-electron chi connectivity index (χ0n) is 9.80. The van der Waals surface area contributed by atoms with Crippen molar-refractivity contribution in [2.24, 2.45) is 7.05 Å². The van der Waals surface area contributed by atoms with E-state index in [0.29, 0.717) is 18.1 Å². The van der Waals surface area contributed by atoms with Crippen molar-refractivity contribution in [1.29, 1.82) is 0 Å². The molecule has 7 nitrogen and oxygen atoms in total. The largest absolute Gasteiger partial charge is 0.586 e. The highest BCUT2D eigenvalue weighted by molar-refractivity contribution is 5.55. The monoisotopic (exact) mass is 269 g/mol. The number of fused-ring (bicyclic) bond motifs is 1. The van der Waals surface area contributed by atoms with Gasteiger partial charge in [0.05, 0.1) is 13.6 Å². The molecule has 2 aromatic rings. The van der Waals surface area contributed by atoms with Crippen LogP contribution in [0.5, 0.6) is 11.5 Å². The molecule has 0 amide bonds. The Morgan fingerprint density at radius 3 is 2.84 bits per heavy atom. The molecule has 9 heteroatoms. The maximum absolute atomic E-state index is 12.8. The number of nitrogens with one attached hydrogen (secondary N) is 1.